The highest BCUT2D eigenvalue weighted by Gasteiger charge is 2.48. The molecule has 0 fully saturated rings. The van der Waals surface area contributed by atoms with Gasteiger partial charge in [0.15, 0.2) is 19.6 Å². The Kier molecular flexibility index (Phi) is 9.27. The van der Waals surface area contributed by atoms with Gasteiger partial charge in [0.25, 0.3) is 0 Å². The van der Waals surface area contributed by atoms with E-state index in [0.29, 0.717) is 54.2 Å². The highest BCUT2D eigenvalue weighted by atomic mass is 28.4. The number of ether oxygens (including phenoxy) is 3. The van der Waals surface area contributed by atoms with E-state index >= 15 is 0 Å². The molecule has 0 radical (unpaired) electrons. The van der Waals surface area contributed by atoms with Crippen LogP contribution in [0.2, 0.25) is 18.1 Å². The number of hydrogen-bond acceptors (Lipinski definition) is 8. The van der Waals surface area contributed by atoms with Gasteiger partial charge in [-0.1, -0.05) is 32.9 Å². The third-order valence-electron chi connectivity index (χ3n) is 9.87. The number of benzene rings is 2. The molecule has 0 saturated carbocycles. The van der Waals surface area contributed by atoms with Crippen LogP contribution in [0.25, 0.3) is 16.6 Å². The number of nitrogens with one attached hydrogen (secondary N) is 1. The lowest BCUT2D eigenvalue weighted by atomic mass is 9.80. The molecule has 5 rings (SSSR count). The summed E-state index contributed by atoms with van der Waals surface area (Å²) >= 11 is 0. The van der Waals surface area contributed by atoms with Crippen molar-refractivity contribution < 1.29 is 33.3 Å². The van der Waals surface area contributed by atoms with Crippen molar-refractivity contribution in [1.29, 1.82) is 0 Å². The Labute approximate surface area is 272 Å². The average molecular weight is 647 g/mol. The van der Waals surface area contributed by atoms with Crippen LogP contribution in [0.15, 0.2) is 54.1 Å². The third-order valence-corrected chi connectivity index (χ3v) is 14.3. The second kappa shape index (κ2) is 12.7. The van der Waals surface area contributed by atoms with Crippen molar-refractivity contribution >= 4 is 36.7 Å². The second-order valence-corrected chi connectivity index (χ2v) is 18.5. The fourth-order valence-electron chi connectivity index (χ4n) is 6.16. The topological polar surface area (TPSA) is 110 Å². The quantitative estimate of drug-likeness (QED) is 0.206. The lowest BCUT2D eigenvalue weighted by Crippen LogP contribution is -2.56. The van der Waals surface area contributed by atoms with Crippen LogP contribution in [-0.2, 0) is 38.2 Å². The van der Waals surface area contributed by atoms with Crippen LogP contribution >= 0.6 is 0 Å². The van der Waals surface area contributed by atoms with Crippen molar-refractivity contribution in [2.24, 2.45) is 0 Å². The van der Waals surface area contributed by atoms with E-state index < -0.39 is 26.6 Å². The van der Waals surface area contributed by atoms with Crippen molar-refractivity contribution in [3.63, 3.8) is 0 Å². The number of rotatable bonds is 9. The normalized spacial score (nSPS) is 18.6. The molecule has 1 atom stereocenters. The molecule has 1 aliphatic carbocycles. The Hall–Kier alpha value is -3.86. The van der Waals surface area contributed by atoms with Gasteiger partial charge in [-0.25, -0.2) is 4.79 Å². The van der Waals surface area contributed by atoms with Crippen molar-refractivity contribution in [1.82, 2.24) is 9.88 Å². The van der Waals surface area contributed by atoms with E-state index in [2.05, 4.69) is 57.0 Å². The Morgan fingerprint density at radius 3 is 2.48 bits per heavy atom. The lowest BCUT2D eigenvalue weighted by Gasteiger charge is -2.45. The molecule has 2 N–H and O–H groups in total. The molecule has 2 aromatic carbocycles. The summed E-state index contributed by atoms with van der Waals surface area (Å²) in [7, 11) is 2.50. The fourth-order valence-corrected chi connectivity index (χ4v) is 7.11. The molecule has 46 heavy (non-hydrogen) atoms. The van der Waals surface area contributed by atoms with Crippen LogP contribution in [0.1, 0.15) is 56.0 Å². The number of methoxy groups -OCH3 is 3. The standard InChI is InChI=1S/C36H46N2O7Si/c1-35(2,3)46(7,8)45-21-26-16-25-17-29-23(18-30(25)37-26)10-9-11-31(40)28-14-15-36(34(41)44-6,38(22-39)33(28)29)20-24-12-13-27(42-4)19-32(24)43-5/h12-19,37,39H,9-11,20-22H2,1-8H3. The number of aliphatic hydroxyl groups is 1. The van der Waals surface area contributed by atoms with Crippen molar-refractivity contribution in [3.05, 3.63) is 76.5 Å². The highest BCUT2D eigenvalue weighted by molar-refractivity contribution is 6.74. The molecule has 1 aliphatic heterocycles. The number of fused-ring (bicyclic) bond motifs is 3. The predicted octanol–water partition coefficient (Wildman–Crippen LogP) is 6.30. The zero-order valence-corrected chi connectivity index (χ0v) is 29.2. The summed E-state index contributed by atoms with van der Waals surface area (Å²) in [5.74, 6) is 0.545. The summed E-state index contributed by atoms with van der Waals surface area (Å²) in [5, 5.41) is 12.1. The number of aryl methyl sites for hydroxylation is 1. The number of aliphatic hydroxyl groups excluding tert-OH is 1. The maximum atomic E-state index is 13.8. The number of aromatic nitrogens is 1. The van der Waals surface area contributed by atoms with E-state index in [0.717, 1.165) is 27.7 Å². The van der Waals surface area contributed by atoms with Gasteiger partial charge in [0, 0.05) is 46.6 Å². The molecule has 1 aromatic heterocycles. The Morgan fingerprint density at radius 1 is 1.07 bits per heavy atom. The fraction of sp³-hybridized carbons (Fsp3) is 0.444. The van der Waals surface area contributed by atoms with Gasteiger partial charge in [-0.2, -0.15) is 0 Å². The minimum absolute atomic E-state index is 0.0338. The van der Waals surface area contributed by atoms with E-state index in [9.17, 15) is 14.7 Å². The summed E-state index contributed by atoms with van der Waals surface area (Å²) in [6.45, 7) is 11.1. The number of H-pyrrole nitrogens is 1. The minimum Gasteiger partial charge on any atom is -0.497 e. The number of Topliss-reactive ketones (excluding diaryl/α,β-unsaturated/α-hetero) is 1. The lowest BCUT2D eigenvalue weighted by molar-refractivity contribution is -0.152. The van der Waals surface area contributed by atoms with Gasteiger partial charge >= 0.3 is 5.97 Å². The summed E-state index contributed by atoms with van der Waals surface area (Å²) < 4.78 is 22.9. The van der Waals surface area contributed by atoms with E-state index in [-0.39, 0.29) is 17.2 Å². The van der Waals surface area contributed by atoms with E-state index in [1.807, 2.05) is 6.07 Å². The van der Waals surface area contributed by atoms with E-state index in [4.69, 9.17) is 18.6 Å². The maximum absolute atomic E-state index is 13.8. The van der Waals surface area contributed by atoms with Crippen LogP contribution in [0.5, 0.6) is 11.5 Å². The molecule has 9 nitrogen and oxygen atoms in total. The summed E-state index contributed by atoms with van der Waals surface area (Å²) in [5.41, 5.74) is 4.02. The zero-order chi connectivity index (χ0) is 33.4. The minimum atomic E-state index is -1.96. The number of carbonyl (C=O) groups is 2. The van der Waals surface area contributed by atoms with Gasteiger partial charge in [-0.15, -0.1) is 0 Å². The Morgan fingerprint density at radius 2 is 1.83 bits per heavy atom. The van der Waals surface area contributed by atoms with Crippen molar-refractivity contribution in [3.8, 4) is 11.5 Å². The largest absolute Gasteiger partial charge is 0.497 e. The monoisotopic (exact) mass is 646 g/mol. The predicted molar refractivity (Wildman–Crippen MR) is 181 cm³/mol. The van der Waals surface area contributed by atoms with Crippen LogP contribution in [0.4, 0.5) is 0 Å². The molecule has 3 aromatic rings. The number of hydrogen-bond donors (Lipinski definition) is 2. The number of aromatic amines is 1. The molecule has 0 bridgehead atoms. The molecule has 246 valence electrons. The summed E-state index contributed by atoms with van der Waals surface area (Å²) in [6, 6.07) is 11.7. The van der Waals surface area contributed by atoms with Crippen molar-refractivity contribution in [2.75, 3.05) is 28.1 Å². The summed E-state index contributed by atoms with van der Waals surface area (Å²) in [4.78, 5) is 32.6. The highest BCUT2D eigenvalue weighted by Crippen LogP contribution is 2.44. The van der Waals surface area contributed by atoms with Crippen LogP contribution in [0.3, 0.4) is 0 Å². The van der Waals surface area contributed by atoms with Crippen LogP contribution < -0.4 is 9.47 Å². The molecule has 0 saturated heterocycles. The molecule has 2 aliphatic rings. The number of ketones is 1. The first-order valence-electron chi connectivity index (χ1n) is 15.7. The molecular weight excluding hydrogens is 600 g/mol. The third kappa shape index (κ3) is 6.01. The number of allylic oxidation sites excluding steroid dienone is 2. The molecule has 10 heteroatoms. The van der Waals surface area contributed by atoms with Gasteiger partial charge < -0.3 is 33.6 Å². The van der Waals surface area contributed by atoms with Gasteiger partial charge in [-0.05, 0) is 72.4 Å². The molecule has 1 unspecified atom stereocenters. The molecular formula is C36H46N2O7Si. The molecule has 0 amide bonds. The number of nitrogens with zero attached hydrogens (tertiary/aromatic N) is 1. The Bertz CT molecular complexity index is 1710. The molecule has 0 spiro atoms. The van der Waals surface area contributed by atoms with E-state index in [1.54, 1.807) is 43.4 Å². The first-order valence-corrected chi connectivity index (χ1v) is 18.6. The van der Waals surface area contributed by atoms with Gasteiger partial charge in [-0.3, -0.25) is 4.79 Å². The van der Waals surface area contributed by atoms with Crippen LogP contribution in [0, 0.1) is 0 Å². The number of carbonyl (C=O) groups excluding carboxylic acids is 2. The molecule has 2 heterocycles. The van der Waals surface area contributed by atoms with E-state index in [1.165, 1.54) is 7.11 Å². The maximum Gasteiger partial charge on any atom is 0.336 e. The Balaban J connectivity index is 1.63. The van der Waals surface area contributed by atoms with Gasteiger partial charge in [0.1, 0.15) is 18.2 Å². The van der Waals surface area contributed by atoms with Crippen LogP contribution in [-0.4, -0.2) is 68.7 Å². The first-order chi connectivity index (χ1) is 21.8. The summed E-state index contributed by atoms with van der Waals surface area (Å²) in [6.07, 6.45) is 5.24. The van der Waals surface area contributed by atoms with Gasteiger partial charge in [0.2, 0.25) is 0 Å². The first kappa shape index (κ1) is 33.5. The SMILES string of the molecule is COC(=O)C1(Cc2ccc(OC)cc2OC)C=CC2=C(c3cc4cc(CO[Si](C)(C)C(C)(C)C)[nH]c4cc3CCCC2=O)N1CO. The zero-order valence-electron chi connectivity index (χ0n) is 28.2. The number of esters is 1. The average Bonchev–Trinajstić information content (AvgIpc) is 3.43. The van der Waals surface area contributed by atoms with Crippen molar-refractivity contribution in [2.45, 2.75) is 76.7 Å². The second-order valence-electron chi connectivity index (χ2n) is 13.7. The van der Waals surface area contributed by atoms with Gasteiger partial charge in [0.05, 0.1) is 33.6 Å². The smallest absolute Gasteiger partial charge is 0.336 e.